The first-order chi connectivity index (χ1) is 6.72. The van der Waals surface area contributed by atoms with Crippen LogP contribution in [-0.4, -0.2) is 5.11 Å². The van der Waals surface area contributed by atoms with Gasteiger partial charge in [-0.05, 0) is 29.0 Å². The van der Waals surface area contributed by atoms with E-state index in [0.717, 1.165) is 20.8 Å². The zero-order chi connectivity index (χ0) is 10.1. The average Bonchev–Trinajstić information content (AvgIpc) is 2.18. The van der Waals surface area contributed by atoms with Crippen LogP contribution >= 0.6 is 15.9 Å². The first-order valence-corrected chi connectivity index (χ1v) is 5.12. The number of benzene rings is 2. The summed E-state index contributed by atoms with van der Waals surface area (Å²) in [5.74, 6) is 0.266. The molecule has 72 valence electrons. The summed E-state index contributed by atoms with van der Waals surface area (Å²) in [5, 5.41) is 11.7. The molecule has 0 fully saturated rings. The zero-order valence-electron chi connectivity index (χ0n) is 7.50. The third-order valence-corrected chi connectivity index (χ3v) is 2.77. The largest absolute Gasteiger partial charge is 0.508 e. The minimum absolute atomic E-state index is 0.266. The third-order valence-electron chi connectivity index (χ3n) is 2.27. The van der Waals surface area contributed by atoms with Crippen molar-refractivity contribution in [2.45, 2.75) is 6.54 Å². The fourth-order valence-corrected chi connectivity index (χ4v) is 1.95. The number of halogens is 1. The van der Waals surface area contributed by atoms with Crippen molar-refractivity contribution in [3.63, 3.8) is 0 Å². The van der Waals surface area contributed by atoms with Gasteiger partial charge in [-0.3, -0.25) is 0 Å². The molecule has 0 spiro atoms. The Labute approximate surface area is 90.5 Å². The summed E-state index contributed by atoms with van der Waals surface area (Å²) in [6, 6.07) is 9.47. The van der Waals surface area contributed by atoms with Crippen molar-refractivity contribution < 1.29 is 5.11 Å². The second kappa shape index (κ2) is 3.59. The Kier molecular flexibility index (Phi) is 2.44. The number of phenols is 1. The van der Waals surface area contributed by atoms with Crippen molar-refractivity contribution in [1.29, 1.82) is 0 Å². The van der Waals surface area contributed by atoms with E-state index in [-0.39, 0.29) is 5.75 Å². The molecule has 0 saturated heterocycles. The van der Waals surface area contributed by atoms with Gasteiger partial charge in [0.05, 0.1) is 0 Å². The van der Waals surface area contributed by atoms with Gasteiger partial charge in [-0.1, -0.05) is 28.1 Å². The number of nitrogens with two attached hydrogens (primary N) is 1. The van der Waals surface area contributed by atoms with Gasteiger partial charge in [0.15, 0.2) is 0 Å². The predicted molar refractivity (Wildman–Crippen MR) is 61.2 cm³/mol. The summed E-state index contributed by atoms with van der Waals surface area (Å²) in [7, 11) is 0. The highest BCUT2D eigenvalue weighted by Crippen LogP contribution is 2.28. The van der Waals surface area contributed by atoms with E-state index >= 15 is 0 Å². The van der Waals surface area contributed by atoms with Crippen molar-refractivity contribution >= 4 is 26.7 Å². The van der Waals surface area contributed by atoms with Gasteiger partial charge in [-0.25, -0.2) is 0 Å². The second-order valence-electron chi connectivity index (χ2n) is 3.13. The number of hydrogen-bond acceptors (Lipinski definition) is 2. The van der Waals surface area contributed by atoms with Crippen molar-refractivity contribution in [2.75, 3.05) is 0 Å². The molecule has 0 atom stereocenters. The van der Waals surface area contributed by atoms with E-state index in [1.165, 1.54) is 0 Å². The molecular formula is C11H10BrNO. The lowest BCUT2D eigenvalue weighted by Gasteiger charge is -2.06. The third kappa shape index (κ3) is 1.49. The van der Waals surface area contributed by atoms with Crippen LogP contribution in [0.4, 0.5) is 0 Å². The fourth-order valence-electron chi connectivity index (χ4n) is 1.57. The average molecular weight is 252 g/mol. The first-order valence-electron chi connectivity index (χ1n) is 4.32. The van der Waals surface area contributed by atoms with Crippen LogP contribution in [0.5, 0.6) is 5.75 Å². The lowest BCUT2D eigenvalue weighted by Crippen LogP contribution is -1.97. The maximum absolute atomic E-state index is 9.59. The summed E-state index contributed by atoms with van der Waals surface area (Å²) in [4.78, 5) is 0. The molecule has 2 nitrogen and oxygen atoms in total. The van der Waals surface area contributed by atoms with Crippen LogP contribution in [-0.2, 0) is 6.54 Å². The number of rotatable bonds is 1. The minimum Gasteiger partial charge on any atom is -0.508 e. The number of hydrogen-bond donors (Lipinski definition) is 2. The number of aromatic hydroxyl groups is 1. The van der Waals surface area contributed by atoms with E-state index in [4.69, 9.17) is 5.73 Å². The van der Waals surface area contributed by atoms with Crippen molar-refractivity contribution in [3.8, 4) is 5.75 Å². The Morgan fingerprint density at radius 2 is 2.00 bits per heavy atom. The van der Waals surface area contributed by atoms with Crippen LogP contribution in [0.1, 0.15) is 5.56 Å². The molecule has 0 amide bonds. The Morgan fingerprint density at radius 3 is 2.71 bits per heavy atom. The smallest absolute Gasteiger partial charge is 0.120 e. The summed E-state index contributed by atoms with van der Waals surface area (Å²) in [6.45, 7) is 0.352. The first kappa shape index (κ1) is 9.49. The van der Waals surface area contributed by atoms with E-state index in [0.29, 0.717) is 6.54 Å². The van der Waals surface area contributed by atoms with E-state index < -0.39 is 0 Å². The van der Waals surface area contributed by atoms with Crippen molar-refractivity contribution in [2.24, 2.45) is 5.73 Å². The maximum atomic E-state index is 9.59. The molecule has 0 aliphatic rings. The minimum atomic E-state index is 0.266. The summed E-state index contributed by atoms with van der Waals surface area (Å²) >= 11 is 3.40. The van der Waals surface area contributed by atoms with Gasteiger partial charge in [-0.15, -0.1) is 0 Å². The molecule has 0 heterocycles. The van der Waals surface area contributed by atoms with Crippen LogP contribution in [0.15, 0.2) is 34.8 Å². The quantitative estimate of drug-likeness (QED) is 0.819. The van der Waals surface area contributed by atoms with Gasteiger partial charge in [0.1, 0.15) is 5.75 Å². The van der Waals surface area contributed by atoms with Crippen molar-refractivity contribution in [1.82, 2.24) is 0 Å². The molecule has 3 N–H and O–H groups in total. The predicted octanol–water partition coefficient (Wildman–Crippen LogP) is 2.77. The molecule has 0 saturated carbocycles. The van der Waals surface area contributed by atoms with Crippen LogP contribution < -0.4 is 5.73 Å². The van der Waals surface area contributed by atoms with E-state index in [1.807, 2.05) is 24.3 Å². The van der Waals surface area contributed by atoms with Crippen LogP contribution in [0.25, 0.3) is 10.8 Å². The topological polar surface area (TPSA) is 46.2 Å². The molecule has 0 aliphatic heterocycles. The number of phenolic OH excluding ortho intramolecular Hbond substituents is 1. The Morgan fingerprint density at radius 1 is 1.21 bits per heavy atom. The van der Waals surface area contributed by atoms with Crippen LogP contribution in [0.3, 0.4) is 0 Å². The zero-order valence-corrected chi connectivity index (χ0v) is 9.08. The van der Waals surface area contributed by atoms with E-state index in [2.05, 4.69) is 15.9 Å². The molecule has 2 aromatic rings. The molecule has 2 aromatic carbocycles. The molecule has 0 radical (unpaired) electrons. The summed E-state index contributed by atoms with van der Waals surface area (Å²) in [5.41, 5.74) is 6.38. The number of fused-ring (bicyclic) bond motifs is 1. The van der Waals surface area contributed by atoms with Gasteiger partial charge >= 0.3 is 0 Å². The van der Waals surface area contributed by atoms with E-state index in [1.54, 1.807) is 6.07 Å². The molecule has 3 heteroatoms. The second-order valence-corrected chi connectivity index (χ2v) is 4.05. The lowest BCUT2D eigenvalue weighted by atomic mass is 10.0. The Hall–Kier alpha value is -1.06. The van der Waals surface area contributed by atoms with Gasteiger partial charge < -0.3 is 10.8 Å². The SMILES string of the molecule is NCc1c(O)ccc2cc(Br)ccc12. The Balaban J connectivity index is 2.82. The molecule has 0 aromatic heterocycles. The Bertz CT molecular complexity index is 482. The van der Waals surface area contributed by atoms with Crippen LogP contribution in [0, 0.1) is 0 Å². The summed E-state index contributed by atoms with van der Waals surface area (Å²) in [6.07, 6.45) is 0. The molecule has 0 unspecified atom stereocenters. The van der Waals surface area contributed by atoms with E-state index in [9.17, 15) is 5.11 Å². The molecular weight excluding hydrogens is 242 g/mol. The maximum Gasteiger partial charge on any atom is 0.120 e. The van der Waals surface area contributed by atoms with Gasteiger partial charge in [0.25, 0.3) is 0 Å². The standard InChI is InChI=1S/C11H10BrNO/c12-8-2-3-9-7(5-8)1-4-11(14)10(9)6-13/h1-5,14H,6,13H2. The summed E-state index contributed by atoms with van der Waals surface area (Å²) < 4.78 is 1.03. The lowest BCUT2D eigenvalue weighted by molar-refractivity contribution is 0.469. The molecule has 2 rings (SSSR count). The fraction of sp³-hybridized carbons (Fsp3) is 0.0909. The molecule has 0 bridgehead atoms. The van der Waals surface area contributed by atoms with Crippen LogP contribution in [0.2, 0.25) is 0 Å². The highest BCUT2D eigenvalue weighted by atomic mass is 79.9. The van der Waals surface area contributed by atoms with Gasteiger partial charge in [0, 0.05) is 16.6 Å². The highest BCUT2D eigenvalue weighted by molar-refractivity contribution is 9.10. The van der Waals surface area contributed by atoms with Gasteiger partial charge in [0.2, 0.25) is 0 Å². The highest BCUT2D eigenvalue weighted by Gasteiger charge is 2.04. The van der Waals surface area contributed by atoms with Crippen molar-refractivity contribution in [3.05, 3.63) is 40.4 Å². The molecule has 0 aliphatic carbocycles. The molecule has 14 heavy (non-hydrogen) atoms. The monoisotopic (exact) mass is 251 g/mol. The van der Waals surface area contributed by atoms with Gasteiger partial charge in [-0.2, -0.15) is 0 Å². The normalized spacial score (nSPS) is 10.7.